The predicted octanol–water partition coefficient (Wildman–Crippen LogP) is 3.49. The van der Waals surface area contributed by atoms with E-state index in [1.165, 1.54) is 12.8 Å². The van der Waals surface area contributed by atoms with Crippen molar-refractivity contribution in [3.63, 3.8) is 0 Å². The Morgan fingerprint density at radius 2 is 2.20 bits per heavy atom. The van der Waals surface area contributed by atoms with Crippen LogP contribution in [-0.4, -0.2) is 22.8 Å². The number of hydrogen-bond donors (Lipinski definition) is 1. The van der Waals surface area contributed by atoms with E-state index in [1.54, 1.807) is 0 Å². The van der Waals surface area contributed by atoms with Crippen molar-refractivity contribution in [2.75, 3.05) is 6.54 Å². The van der Waals surface area contributed by atoms with Gasteiger partial charge in [0.05, 0.1) is 0 Å². The molecule has 1 heterocycles. The average molecular weight is 336 g/mol. The van der Waals surface area contributed by atoms with E-state index < -0.39 is 0 Å². The smallest absolute Gasteiger partial charge is 0.247 e. The van der Waals surface area contributed by atoms with E-state index >= 15 is 0 Å². The molecule has 1 N–H and O–H groups in total. The molecule has 0 amide bonds. The molecule has 1 aliphatic carbocycles. The zero-order valence-corrected chi connectivity index (χ0v) is 13.1. The van der Waals surface area contributed by atoms with Gasteiger partial charge in [-0.3, -0.25) is 0 Å². The van der Waals surface area contributed by atoms with Crippen LogP contribution in [0.4, 0.5) is 0 Å². The van der Waals surface area contributed by atoms with Crippen LogP contribution in [0.3, 0.4) is 0 Å². The van der Waals surface area contributed by atoms with Gasteiger partial charge in [-0.2, -0.15) is 0 Å². The summed E-state index contributed by atoms with van der Waals surface area (Å²) in [4.78, 5) is 0. The van der Waals surface area contributed by atoms with E-state index in [2.05, 4.69) is 37.5 Å². The summed E-state index contributed by atoms with van der Waals surface area (Å²) in [6.45, 7) is 3.07. The van der Waals surface area contributed by atoms with Crippen molar-refractivity contribution in [2.45, 2.75) is 38.6 Å². The minimum Gasteiger partial charge on any atom is -0.421 e. The number of aryl methyl sites for hydroxylation is 2. The fourth-order valence-corrected chi connectivity index (χ4v) is 2.64. The quantitative estimate of drug-likeness (QED) is 0.821. The Labute approximate surface area is 127 Å². The molecule has 2 aromatic rings. The molecule has 1 aromatic heterocycles. The Hall–Kier alpha value is -1.20. The standard InChI is InChI=1S/C15H18BrN3O/c1-10-9-11(16)4-7-13(10)15-19-18-14(20-15)3-2-8-17-12-5-6-12/h4,7,9,12,17H,2-3,5-6,8H2,1H3. The lowest BCUT2D eigenvalue weighted by Gasteiger charge is -2.01. The van der Waals surface area contributed by atoms with Crippen molar-refractivity contribution in [3.05, 3.63) is 34.1 Å². The second-order valence-electron chi connectivity index (χ2n) is 5.29. The molecular weight excluding hydrogens is 318 g/mol. The Kier molecular flexibility index (Phi) is 4.17. The zero-order chi connectivity index (χ0) is 13.9. The van der Waals surface area contributed by atoms with Gasteiger partial charge in [0.15, 0.2) is 0 Å². The zero-order valence-electron chi connectivity index (χ0n) is 11.5. The minimum absolute atomic E-state index is 0.611. The van der Waals surface area contributed by atoms with Crippen LogP contribution < -0.4 is 5.32 Å². The van der Waals surface area contributed by atoms with E-state index in [-0.39, 0.29) is 0 Å². The molecule has 0 radical (unpaired) electrons. The number of benzene rings is 1. The molecule has 3 rings (SSSR count). The van der Waals surface area contributed by atoms with Crippen molar-refractivity contribution in [2.24, 2.45) is 0 Å². The number of nitrogens with zero attached hydrogens (tertiary/aromatic N) is 2. The molecule has 4 nitrogen and oxygen atoms in total. The molecule has 0 saturated heterocycles. The van der Waals surface area contributed by atoms with Crippen LogP contribution in [0.5, 0.6) is 0 Å². The van der Waals surface area contributed by atoms with E-state index in [9.17, 15) is 0 Å². The van der Waals surface area contributed by atoms with Gasteiger partial charge < -0.3 is 9.73 Å². The molecule has 0 bridgehead atoms. The van der Waals surface area contributed by atoms with Crippen molar-refractivity contribution in [3.8, 4) is 11.5 Å². The van der Waals surface area contributed by atoms with Gasteiger partial charge in [0.2, 0.25) is 11.8 Å². The highest BCUT2D eigenvalue weighted by Crippen LogP contribution is 2.25. The molecule has 20 heavy (non-hydrogen) atoms. The molecule has 1 aromatic carbocycles. The fraction of sp³-hybridized carbons (Fsp3) is 0.467. The lowest BCUT2D eigenvalue weighted by Crippen LogP contribution is -2.17. The van der Waals surface area contributed by atoms with Crippen LogP contribution in [0, 0.1) is 6.92 Å². The van der Waals surface area contributed by atoms with Gasteiger partial charge in [-0.25, -0.2) is 0 Å². The number of halogens is 1. The number of nitrogens with one attached hydrogen (secondary N) is 1. The van der Waals surface area contributed by atoms with Gasteiger partial charge in [-0.1, -0.05) is 15.9 Å². The maximum absolute atomic E-state index is 5.75. The Morgan fingerprint density at radius 3 is 2.95 bits per heavy atom. The van der Waals surface area contributed by atoms with E-state index in [4.69, 9.17) is 4.42 Å². The van der Waals surface area contributed by atoms with Crippen molar-refractivity contribution < 1.29 is 4.42 Å². The topological polar surface area (TPSA) is 51.0 Å². The maximum atomic E-state index is 5.75. The largest absolute Gasteiger partial charge is 0.421 e. The summed E-state index contributed by atoms with van der Waals surface area (Å²) < 4.78 is 6.81. The van der Waals surface area contributed by atoms with Gasteiger partial charge in [0.25, 0.3) is 0 Å². The van der Waals surface area contributed by atoms with E-state index in [1.807, 2.05) is 19.1 Å². The Bertz CT molecular complexity index is 593. The van der Waals surface area contributed by atoms with Crippen LogP contribution in [0.1, 0.15) is 30.7 Å². The van der Waals surface area contributed by atoms with Gasteiger partial charge >= 0.3 is 0 Å². The van der Waals surface area contributed by atoms with Crippen LogP contribution in [-0.2, 0) is 6.42 Å². The van der Waals surface area contributed by atoms with Gasteiger partial charge in [-0.05, 0) is 56.5 Å². The summed E-state index contributed by atoms with van der Waals surface area (Å²) in [5.74, 6) is 1.33. The van der Waals surface area contributed by atoms with Gasteiger partial charge in [0.1, 0.15) is 0 Å². The summed E-state index contributed by atoms with van der Waals surface area (Å²) >= 11 is 3.46. The second-order valence-corrected chi connectivity index (χ2v) is 6.21. The van der Waals surface area contributed by atoms with Crippen LogP contribution in [0.25, 0.3) is 11.5 Å². The van der Waals surface area contributed by atoms with Crippen LogP contribution >= 0.6 is 15.9 Å². The molecule has 1 saturated carbocycles. The molecule has 1 fully saturated rings. The SMILES string of the molecule is Cc1cc(Br)ccc1-c1nnc(CCCNC2CC2)o1. The Morgan fingerprint density at radius 1 is 1.35 bits per heavy atom. The van der Waals surface area contributed by atoms with Crippen molar-refractivity contribution >= 4 is 15.9 Å². The summed E-state index contributed by atoms with van der Waals surface area (Å²) in [6, 6.07) is 6.81. The summed E-state index contributed by atoms with van der Waals surface area (Å²) in [6.07, 6.45) is 4.53. The van der Waals surface area contributed by atoms with Crippen LogP contribution in [0.15, 0.2) is 27.1 Å². The third kappa shape index (κ3) is 3.46. The first-order valence-electron chi connectivity index (χ1n) is 7.04. The molecule has 0 spiro atoms. The van der Waals surface area contributed by atoms with E-state index in [0.29, 0.717) is 5.89 Å². The molecule has 0 unspecified atom stereocenters. The highest BCUT2D eigenvalue weighted by atomic mass is 79.9. The fourth-order valence-electron chi connectivity index (χ4n) is 2.16. The lowest BCUT2D eigenvalue weighted by molar-refractivity contribution is 0.490. The molecular formula is C15H18BrN3O. The Balaban J connectivity index is 1.60. The monoisotopic (exact) mass is 335 g/mol. The summed E-state index contributed by atoms with van der Waals surface area (Å²) in [5, 5.41) is 11.8. The summed E-state index contributed by atoms with van der Waals surface area (Å²) in [7, 11) is 0. The first-order valence-corrected chi connectivity index (χ1v) is 7.84. The lowest BCUT2D eigenvalue weighted by atomic mass is 10.1. The molecule has 0 atom stereocenters. The molecule has 106 valence electrons. The van der Waals surface area contributed by atoms with Crippen LogP contribution in [0.2, 0.25) is 0 Å². The first kappa shape index (κ1) is 13.8. The second kappa shape index (κ2) is 6.06. The normalized spacial score (nSPS) is 14.7. The van der Waals surface area contributed by atoms with Gasteiger partial charge in [0, 0.05) is 22.5 Å². The van der Waals surface area contributed by atoms with Crippen molar-refractivity contribution in [1.82, 2.24) is 15.5 Å². The number of hydrogen-bond acceptors (Lipinski definition) is 4. The molecule has 1 aliphatic rings. The third-order valence-corrected chi connectivity index (χ3v) is 3.96. The average Bonchev–Trinajstić information content (AvgIpc) is 3.13. The highest BCUT2D eigenvalue weighted by molar-refractivity contribution is 9.10. The third-order valence-electron chi connectivity index (χ3n) is 3.46. The molecule has 5 heteroatoms. The number of aromatic nitrogens is 2. The van der Waals surface area contributed by atoms with Gasteiger partial charge in [-0.15, -0.1) is 10.2 Å². The highest BCUT2D eigenvalue weighted by Gasteiger charge is 2.19. The predicted molar refractivity (Wildman–Crippen MR) is 81.5 cm³/mol. The number of rotatable bonds is 6. The van der Waals surface area contributed by atoms with E-state index in [0.717, 1.165) is 46.9 Å². The van der Waals surface area contributed by atoms with Crippen molar-refractivity contribution in [1.29, 1.82) is 0 Å². The maximum Gasteiger partial charge on any atom is 0.247 e. The minimum atomic E-state index is 0.611. The first-order chi connectivity index (χ1) is 9.72. The molecule has 0 aliphatic heterocycles. The summed E-state index contributed by atoms with van der Waals surface area (Å²) in [5.41, 5.74) is 2.13.